The predicted octanol–water partition coefficient (Wildman–Crippen LogP) is 0.547. The second-order valence-corrected chi connectivity index (χ2v) is 6.18. The molecule has 0 saturated carbocycles. The summed E-state index contributed by atoms with van der Waals surface area (Å²) in [6.45, 7) is 0.711. The zero-order valence-electron chi connectivity index (χ0n) is 12.8. The number of carbonyl (C=O) groups is 2. The van der Waals surface area contributed by atoms with Gasteiger partial charge >= 0.3 is 6.03 Å². The van der Waals surface area contributed by atoms with Crippen molar-refractivity contribution in [3.63, 3.8) is 0 Å². The van der Waals surface area contributed by atoms with Crippen LogP contribution < -0.4 is 5.32 Å². The summed E-state index contributed by atoms with van der Waals surface area (Å²) in [5, 5.41) is 12.1. The van der Waals surface area contributed by atoms with Crippen molar-refractivity contribution in [2.24, 2.45) is 5.92 Å². The van der Waals surface area contributed by atoms with Crippen LogP contribution in [0.25, 0.3) is 0 Å². The van der Waals surface area contributed by atoms with E-state index in [0.29, 0.717) is 13.1 Å². The molecule has 0 radical (unpaired) electrons. The smallest absolute Gasteiger partial charge is 0.317 e. The Kier molecular flexibility index (Phi) is 3.78. The number of fused-ring (bicyclic) bond motifs is 3. The third-order valence-electron chi connectivity index (χ3n) is 4.70. The lowest BCUT2D eigenvalue weighted by Gasteiger charge is -2.24. The molecule has 1 fully saturated rings. The van der Waals surface area contributed by atoms with E-state index in [-0.39, 0.29) is 29.8 Å². The first-order valence-corrected chi connectivity index (χ1v) is 7.48. The fourth-order valence-corrected chi connectivity index (χ4v) is 3.61. The van der Waals surface area contributed by atoms with Crippen LogP contribution in [0.4, 0.5) is 4.79 Å². The van der Waals surface area contributed by atoms with Crippen LogP contribution in [0.1, 0.15) is 23.1 Å². The Bertz CT molecular complexity index is 602. The molecule has 6 heteroatoms. The van der Waals surface area contributed by atoms with Gasteiger partial charge in [0.05, 0.1) is 6.04 Å². The standard InChI is InChI=1S/C16H21N3O3/c1-18(2)16(22)17-15-11-6-4-3-5-10(11)12-7-19(8-13(12)15)14(21)9-20/h3-6,12-13,15,20H,7-9H2,1-2H3,(H,17,22)/t12-,13-,15-/m0/s1. The molecule has 1 heterocycles. The SMILES string of the molecule is CN(C)C(=O)N[C@H]1c2ccccc2[C@@H]2CN(C(=O)CO)C[C@@H]21. The van der Waals surface area contributed by atoms with Crippen LogP contribution in [-0.2, 0) is 4.79 Å². The molecule has 1 aromatic carbocycles. The average molecular weight is 303 g/mol. The molecule has 1 aliphatic carbocycles. The van der Waals surface area contributed by atoms with E-state index in [9.17, 15) is 9.59 Å². The molecule has 0 aromatic heterocycles. The van der Waals surface area contributed by atoms with Crippen LogP contribution in [-0.4, -0.2) is 60.6 Å². The van der Waals surface area contributed by atoms with Gasteiger partial charge in [-0.25, -0.2) is 4.79 Å². The van der Waals surface area contributed by atoms with Gasteiger partial charge in [0.1, 0.15) is 6.61 Å². The van der Waals surface area contributed by atoms with Gasteiger partial charge in [0.15, 0.2) is 0 Å². The third kappa shape index (κ3) is 2.33. The number of hydrogen-bond donors (Lipinski definition) is 2. The summed E-state index contributed by atoms with van der Waals surface area (Å²) in [4.78, 5) is 27.0. The highest BCUT2D eigenvalue weighted by Gasteiger charge is 2.47. The summed E-state index contributed by atoms with van der Waals surface area (Å²) in [6, 6.07) is 7.86. The zero-order valence-corrected chi connectivity index (χ0v) is 12.8. The van der Waals surface area contributed by atoms with E-state index >= 15 is 0 Å². The molecular formula is C16H21N3O3. The van der Waals surface area contributed by atoms with Crippen molar-refractivity contribution in [2.45, 2.75) is 12.0 Å². The molecule has 1 aromatic rings. The lowest BCUT2D eigenvalue weighted by atomic mass is 9.94. The molecule has 0 unspecified atom stereocenters. The van der Waals surface area contributed by atoms with Crippen LogP contribution in [0.15, 0.2) is 24.3 Å². The maximum absolute atomic E-state index is 12.1. The molecule has 0 bridgehead atoms. The monoisotopic (exact) mass is 303 g/mol. The van der Waals surface area contributed by atoms with Crippen molar-refractivity contribution in [1.29, 1.82) is 0 Å². The zero-order chi connectivity index (χ0) is 15.9. The van der Waals surface area contributed by atoms with Crippen LogP contribution in [0, 0.1) is 5.92 Å². The number of aliphatic hydroxyl groups excluding tert-OH is 1. The highest BCUT2D eigenvalue weighted by atomic mass is 16.3. The molecule has 3 atom stereocenters. The third-order valence-corrected chi connectivity index (χ3v) is 4.70. The number of aliphatic hydroxyl groups is 1. The fourth-order valence-electron chi connectivity index (χ4n) is 3.61. The number of likely N-dealkylation sites (tertiary alicyclic amines) is 1. The molecular weight excluding hydrogens is 282 g/mol. The second-order valence-electron chi connectivity index (χ2n) is 6.18. The number of nitrogens with one attached hydrogen (secondary N) is 1. The van der Waals surface area contributed by atoms with Crippen LogP contribution in [0.5, 0.6) is 0 Å². The normalized spacial score (nSPS) is 25.6. The van der Waals surface area contributed by atoms with E-state index in [4.69, 9.17) is 5.11 Å². The van der Waals surface area contributed by atoms with Gasteiger partial charge in [0.25, 0.3) is 0 Å². The summed E-state index contributed by atoms with van der Waals surface area (Å²) < 4.78 is 0. The molecule has 118 valence electrons. The number of benzene rings is 1. The molecule has 22 heavy (non-hydrogen) atoms. The highest BCUT2D eigenvalue weighted by molar-refractivity contribution is 5.78. The lowest BCUT2D eigenvalue weighted by molar-refractivity contribution is -0.133. The fraction of sp³-hybridized carbons (Fsp3) is 0.500. The van der Waals surface area contributed by atoms with Crippen LogP contribution in [0.3, 0.4) is 0 Å². The minimum atomic E-state index is -0.462. The number of amides is 3. The van der Waals surface area contributed by atoms with Gasteiger partial charge in [0.2, 0.25) is 5.91 Å². The number of rotatable bonds is 2. The van der Waals surface area contributed by atoms with E-state index in [1.54, 1.807) is 19.0 Å². The summed E-state index contributed by atoms with van der Waals surface area (Å²) >= 11 is 0. The lowest BCUT2D eigenvalue weighted by Crippen LogP contribution is -2.40. The Morgan fingerprint density at radius 2 is 1.95 bits per heavy atom. The number of nitrogens with zero attached hydrogens (tertiary/aromatic N) is 2. The van der Waals surface area contributed by atoms with Crippen molar-refractivity contribution in [2.75, 3.05) is 33.8 Å². The summed E-state index contributed by atoms with van der Waals surface area (Å²) in [5.74, 6) is 0.139. The second kappa shape index (κ2) is 5.61. The van der Waals surface area contributed by atoms with Crippen LogP contribution in [0.2, 0.25) is 0 Å². The summed E-state index contributed by atoms with van der Waals surface area (Å²) in [7, 11) is 3.42. The van der Waals surface area contributed by atoms with Gasteiger partial charge in [-0.15, -0.1) is 0 Å². The number of urea groups is 1. The Morgan fingerprint density at radius 1 is 1.27 bits per heavy atom. The van der Waals surface area contributed by atoms with Crippen molar-refractivity contribution < 1.29 is 14.7 Å². The number of carbonyl (C=O) groups excluding carboxylic acids is 2. The molecule has 3 amide bonds. The minimum absolute atomic E-state index is 0.0902. The molecule has 1 aliphatic heterocycles. The van der Waals surface area contributed by atoms with Gasteiger partial charge in [-0.3, -0.25) is 4.79 Å². The van der Waals surface area contributed by atoms with Crippen LogP contribution >= 0.6 is 0 Å². The average Bonchev–Trinajstić information content (AvgIpc) is 3.06. The highest BCUT2D eigenvalue weighted by Crippen LogP contribution is 2.49. The first-order chi connectivity index (χ1) is 10.5. The van der Waals surface area contributed by atoms with E-state index < -0.39 is 6.61 Å². The Hall–Kier alpha value is -2.08. The van der Waals surface area contributed by atoms with E-state index in [0.717, 1.165) is 5.56 Å². The molecule has 2 aliphatic rings. The van der Waals surface area contributed by atoms with Crippen molar-refractivity contribution in [3.05, 3.63) is 35.4 Å². The quantitative estimate of drug-likeness (QED) is 0.838. The summed E-state index contributed by atoms with van der Waals surface area (Å²) in [6.07, 6.45) is 0. The predicted molar refractivity (Wildman–Crippen MR) is 81.3 cm³/mol. The van der Waals surface area contributed by atoms with Crippen molar-refractivity contribution in [3.8, 4) is 0 Å². The van der Waals surface area contributed by atoms with Crippen molar-refractivity contribution in [1.82, 2.24) is 15.1 Å². The molecule has 3 rings (SSSR count). The van der Waals surface area contributed by atoms with Gasteiger partial charge < -0.3 is 20.2 Å². The van der Waals surface area contributed by atoms with Gasteiger partial charge in [-0.1, -0.05) is 24.3 Å². The molecule has 1 saturated heterocycles. The maximum atomic E-state index is 12.1. The van der Waals surface area contributed by atoms with Gasteiger partial charge in [0, 0.05) is 39.0 Å². The molecule has 6 nitrogen and oxygen atoms in total. The Balaban J connectivity index is 1.89. The topological polar surface area (TPSA) is 72.9 Å². The first kappa shape index (κ1) is 14.8. The van der Waals surface area contributed by atoms with Crippen molar-refractivity contribution >= 4 is 11.9 Å². The Morgan fingerprint density at radius 3 is 2.59 bits per heavy atom. The number of hydrogen-bond acceptors (Lipinski definition) is 3. The van der Waals surface area contributed by atoms with E-state index in [1.165, 1.54) is 10.5 Å². The van der Waals surface area contributed by atoms with Gasteiger partial charge in [-0.05, 0) is 11.1 Å². The maximum Gasteiger partial charge on any atom is 0.317 e. The largest absolute Gasteiger partial charge is 0.387 e. The van der Waals surface area contributed by atoms with E-state index in [1.807, 2.05) is 18.2 Å². The summed E-state index contributed by atoms with van der Waals surface area (Å²) in [5.41, 5.74) is 2.34. The molecule has 0 spiro atoms. The Labute approximate surface area is 129 Å². The first-order valence-electron chi connectivity index (χ1n) is 7.48. The van der Waals surface area contributed by atoms with Gasteiger partial charge in [-0.2, -0.15) is 0 Å². The molecule has 2 N–H and O–H groups in total. The minimum Gasteiger partial charge on any atom is -0.387 e. The van der Waals surface area contributed by atoms with E-state index in [2.05, 4.69) is 11.4 Å².